The van der Waals surface area contributed by atoms with Gasteiger partial charge in [0.15, 0.2) is 5.11 Å². The molecular weight excluding hydrogens is 442 g/mol. The van der Waals surface area contributed by atoms with E-state index in [1.807, 2.05) is 65.6 Å². The number of nitrogens with one attached hydrogen (secondary N) is 2. The van der Waals surface area contributed by atoms with Gasteiger partial charge in [-0.25, -0.2) is 0 Å². The van der Waals surface area contributed by atoms with E-state index in [4.69, 9.17) is 17.0 Å². The minimum Gasteiger partial charge on any atom is -0.496 e. The van der Waals surface area contributed by atoms with Gasteiger partial charge in [0.1, 0.15) is 11.8 Å². The van der Waals surface area contributed by atoms with E-state index in [0.29, 0.717) is 18.2 Å². The molecule has 1 aliphatic rings. The van der Waals surface area contributed by atoms with Crippen molar-refractivity contribution < 1.29 is 9.53 Å². The fourth-order valence-corrected chi connectivity index (χ4v) is 4.81. The second-order valence-electron chi connectivity index (χ2n) is 8.44. The van der Waals surface area contributed by atoms with E-state index in [9.17, 15) is 4.79 Å². The zero-order valence-corrected chi connectivity index (χ0v) is 20.3. The van der Waals surface area contributed by atoms with Crippen molar-refractivity contribution in [3.63, 3.8) is 0 Å². The molecule has 1 amide bonds. The predicted molar refractivity (Wildman–Crippen MR) is 140 cm³/mol. The summed E-state index contributed by atoms with van der Waals surface area (Å²) in [6.45, 7) is 1.87. The first-order chi connectivity index (χ1) is 16.7. The number of rotatable bonds is 8. The molecule has 34 heavy (non-hydrogen) atoms. The molecule has 0 bridgehead atoms. The van der Waals surface area contributed by atoms with Gasteiger partial charge >= 0.3 is 0 Å². The first-order valence-corrected chi connectivity index (χ1v) is 12.1. The van der Waals surface area contributed by atoms with Crippen LogP contribution in [0.3, 0.4) is 0 Å². The third-order valence-electron chi connectivity index (χ3n) is 6.32. The summed E-state index contributed by atoms with van der Waals surface area (Å²) in [4.78, 5) is 15.3. The highest BCUT2D eigenvalue weighted by Gasteiger charge is 2.32. The zero-order chi connectivity index (χ0) is 23.8. The summed E-state index contributed by atoms with van der Waals surface area (Å²) < 4.78 is 5.43. The van der Waals surface area contributed by atoms with Crippen LogP contribution in [0.15, 0.2) is 84.9 Å². The average molecular weight is 474 g/mol. The number of hydrogen-bond donors (Lipinski definition) is 2. The minimum absolute atomic E-state index is 0.0239. The minimum atomic E-state index is -0.259. The molecule has 3 aromatic carbocycles. The monoisotopic (exact) mass is 473 g/mol. The molecule has 0 radical (unpaired) electrons. The maximum Gasteiger partial charge on any atom is 0.242 e. The molecule has 1 atom stereocenters. The van der Waals surface area contributed by atoms with Crippen LogP contribution in [-0.4, -0.2) is 42.2 Å². The molecule has 0 saturated carbocycles. The number of para-hydroxylation sites is 1. The number of nitrogens with zero attached hydrogens (tertiary/aromatic N) is 1. The van der Waals surface area contributed by atoms with Crippen molar-refractivity contribution in [2.24, 2.45) is 0 Å². The normalized spacial score (nSPS) is 15.2. The Labute approximate surface area is 207 Å². The third kappa shape index (κ3) is 5.75. The van der Waals surface area contributed by atoms with Crippen LogP contribution in [0.25, 0.3) is 0 Å². The summed E-state index contributed by atoms with van der Waals surface area (Å²) >= 11 is 5.67. The molecule has 5 nitrogen and oxygen atoms in total. The first kappa shape index (κ1) is 23.8. The molecule has 0 unspecified atom stereocenters. The van der Waals surface area contributed by atoms with Crippen molar-refractivity contribution in [2.45, 2.75) is 31.3 Å². The number of carbonyl (C=O) groups excluding carboxylic acids is 1. The molecule has 4 rings (SSSR count). The van der Waals surface area contributed by atoms with E-state index in [0.717, 1.165) is 30.7 Å². The van der Waals surface area contributed by atoms with E-state index in [1.54, 1.807) is 7.11 Å². The lowest BCUT2D eigenvalue weighted by molar-refractivity contribution is -0.124. The van der Waals surface area contributed by atoms with Gasteiger partial charge in [-0.1, -0.05) is 78.9 Å². The van der Waals surface area contributed by atoms with Gasteiger partial charge in [-0.05, 0) is 42.3 Å². The van der Waals surface area contributed by atoms with Crippen molar-refractivity contribution >= 4 is 23.2 Å². The molecule has 1 saturated heterocycles. The van der Waals surface area contributed by atoms with E-state index in [1.165, 1.54) is 11.1 Å². The van der Waals surface area contributed by atoms with E-state index in [-0.39, 0.29) is 17.9 Å². The van der Waals surface area contributed by atoms with Crippen molar-refractivity contribution in [3.05, 3.63) is 102 Å². The molecule has 3 aromatic rings. The maximum absolute atomic E-state index is 13.2. The number of amides is 1. The summed E-state index contributed by atoms with van der Waals surface area (Å²) in [5, 5.41) is 7.13. The van der Waals surface area contributed by atoms with Gasteiger partial charge in [-0.2, -0.15) is 0 Å². The second-order valence-corrected chi connectivity index (χ2v) is 8.83. The van der Waals surface area contributed by atoms with E-state index in [2.05, 4.69) is 34.9 Å². The van der Waals surface area contributed by atoms with Gasteiger partial charge in [0.2, 0.25) is 5.91 Å². The molecule has 176 valence electrons. The van der Waals surface area contributed by atoms with Crippen LogP contribution >= 0.6 is 12.2 Å². The van der Waals surface area contributed by atoms with Crippen molar-refractivity contribution in [3.8, 4) is 5.75 Å². The fraction of sp³-hybridized carbons (Fsp3) is 0.286. The summed E-state index contributed by atoms with van der Waals surface area (Å²) in [5.74, 6) is 0.939. The Hall–Kier alpha value is -3.38. The van der Waals surface area contributed by atoms with Gasteiger partial charge in [0.25, 0.3) is 0 Å². The van der Waals surface area contributed by atoms with E-state index < -0.39 is 0 Å². The molecule has 1 fully saturated rings. The topological polar surface area (TPSA) is 53.6 Å². The Kier molecular flexibility index (Phi) is 8.15. The molecule has 0 spiro atoms. The quantitative estimate of drug-likeness (QED) is 0.473. The van der Waals surface area contributed by atoms with Gasteiger partial charge in [0.05, 0.1) is 7.11 Å². The highest BCUT2D eigenvalue weighted by atomic mass is 32.1. The van der Waals surface area contributed by atoms with Crippen LogP contribution < -0.4 is 15.4 Å². The lowest BCUT2D eigenvalue weighted by atomic mass is 9.91. The lowest BCUT2D eigenvalue weighted by Crippen LogP contribution is -2.49. The molecule has 1 heterocycles. The molecule has 0 aliphatic carbocycles. The van der Waals surface area contributed by atoms with Gasteiger partial charge in [0, 0.05) is 31.1 Å². The van der Waals surface area contributed by atoms with Crippen LogP contribution in [0.2, 0.25) is 0 Å². The van der Waals surface area contributed by atoms with Crippen LogP contribution in [0.1, 0.15) is 35.4 Å². The second kappa shape index (κ2) is 11.7. The Morgan fingerprint density at radius 1 is 0.971 bits per heavy atom. The van der Waals surface area contributed by atoms with Crippen molar-refractivity contribution in [1.82, 2.24) is 15.5 Å². The average Bonchev–Trinajstić information content (AvgIpc) is 3.39. The first-order valence-electron chi connectivity index (χ1n) is 11.7. The molecule has 0 aromatic heterocycles. The lowest BCUT2D eigenvalue weighted by Gasteiger charge is -2.28. The largest absolute Gasteiger partial charge is 0.496 e. The van der Waals surface area contributed by atoms with Gasteiger partial charge in [-0.15, -0.1) is 0 Å². The summed E-state index contributed by atoms with van der Waals surface area (Å²) in [6, 6.07) is 28.2. The van der Waals surface area contributed by atoms with Crippen LogP contribution in [0.4, 0.5) is 0 Å². The molecule has 1 aliphatic heterocycles. The molecular formula is C28H31N3O2S. The number of likely N-dealkylation sites (tertiary alicyclic amines) is 1. The Balaban J connectivity index is 1.39. The maximum atomic E-state index is 13.2. The third-order valence-corrected chi connectivity index (χ3v) is 6.70. The highest BCUT2D eigenvalue weighted by Crippen LogP contribution is 2.25. The Morgan fingerprint density at radius 3 is 2.24 bits per heavy atom. The smallest absolute Gasteiger partial charge is 0.242 e. The number of benzene rings is 3. The van der Waals surface area contributed by atoms with Crippen molar-refractivity contribution in [2.75, 3.05) is 20.2 Å². The number of hydrogen-bond acceptors (Lipinski definition) is 3. The standard InChI is InChI=1S/C28H31N3O2S/c1-33-26-17-9-8-15-23(26)19-30-28(34)31-18-10-16-25(31)27(32)29-20-24(21-11-4-2-5-12-21)22-13-6-3-7-14-22/h2-9,11-15,17,24-25H,10,16,18-20H2,1H3,(H,29,32)(H,30,34)/t25-/m0/s1. The summed E-state index contributed by atoms with van der Waals surface area (Å²) in [6.07, 6.45) is 1.74. The number of carbonyl (C=O) groups is 1. The predicted octanol–water partition coefficient (Wildman–Crippen LogP) is 4.48. The van der Waals surface area contributed by atoms with Gasteiger partial charge < -0.3 is 20.3 Å². The van der Waals surface area contributed by atoms with E-state index >= 15 is 0 Å². The Bertz CT molecular complexity index is 1050. The van der Waals surface area contributed by atoms with Crippen LogP contribution in [0.5, 0.6) is 5.75 Å². The van der Waals surface area contributed by atoms with Crippen molar-refractivity contribution in [1.29, 1.82) is 0 Å². The number of thiocarbonyl (C=S) groups is 1. The number of methoxy groups -OCH3 is 1. The van der Waals surface area contributed by atoms with Crippen LogP contribution in [0, 0.1) is 0 Å². The summed E-state index contributed by atoms with van der Waals surface area (Å²) in [7, 11) is 1.66. The fourth-order valence-electron chi connectivity index (χ4n) is 4.52. The molecule has 6 heteroatoms. The van der Waals surface area contributed by atoms with Gasteiger partial charge in [-0.3, -0.25) is 4.79 Å². The SMILES string of the molecule is COc1ccccc1CNC(=S)N1CCC[C@H]1C(=O)NCC(c1ccccc1)c1ccccc1. The highest BCUT2D eigenvalue weighted by molar-refractivity contribution is 7.80. The number of ether oxygens (including phenoxy) is 1. The zero-order valence-electron chi connectivity index (χ0n) is 19.4. The molecule has 2 N–H and O–H groups in total. The van der Waals surface area contributed by atoms with Crippen LogP contribution in [-0.2, 0) is 11.3 Å². The Morgan fingerprint density at radius 2 is 1.59 bits per heavy atom. The summed E-state index contributed by atoms with van der Waals surface area (Å²) in [5.41, 5.74) is 3.40.